The molecule has 0 amide bonds. The Kier molecular flexibility index (Phi) is 4.96. The van der Waals surface area contributed by atoms with Gasteiger partial charge in [0.15, 0.2) is 0 Å². The summed E-state index contributed by atoms with van der Waals surface area (Å²) in [5.74, 6) is 0.360. The molecule has 0 fully saturated rings. The van der Waals surface area contributed by atoms with E-state index in [1.165, 1.54) is 5.56 Å². The van der Waals surface area contributed by atoms with Crippen LogP contribution in [0.15, 0.2) is 42.6 Å². The van der Waals surface area contributed by atoms with E-state index in [1.54, 1.807) is 0 Å². The zero-order chi connectivity index (χ0) is 14.5. The number of hydrogen-bond acceptors (Lipinski definition) is 2. The first kappa shape index (κ1) is 14.8. The van der Waals surface area contributed by atoms with E-state index >= 15 is 0 Å². The van der Waals surface area contributed by atoms with Crippen molar-refractivity contribution in [1.29, 1.82) is 0 Å². The number of aliphatic hydroxyl groups excluding tert-OH is 1. The minimum absolute atomic E-state index is 0.347. The highest BCUT2D eigenvalue weighted by molar-refractivity contribution is 5.19. The van der Waals surface area contributed by atoms with Gasteiger partial charge in [0, 0.05) is 18.7 Å². The van der Waals surface area contributed by atoms with Gasteiger partial charge in [-0.3, -0.25) is 4.68 Å². The van der Waals surface area contributed by atoms with Crippen LogP contribution in [0.1, 0.15) is 50.4 Å². The Morgan fingerprint density at radius 2 is 1.80 bits per heavy atom. The standard InChI is InChI=1S/C17H24N2O/c1-13(2)19-10-9-16(18-19)12-17(20)11-14(3)15-7-5-4-6-8-15/h4-10,13-14,17,20H,11-12H2,1-3H3. The van der Waals surface area contributed by atoms with Crippen LogP contribution >= 0.6 is 0 Å². The van der Waals surface area contributed by atoms with Crippen LogP contribution in [0.25, 0.3) is 0 Å². The third-order valence-electron chi connectivity index (χ3n) is 3.63. The Hall–Kier alpha value is -1.61. The minimum Gasteiger partial charge on any atom is -0.393 e. The van der Waals surface area contributed by atoms with E-state index in [-0.39, 0.29) is 6.10 Å². The monoisotopic (exact) mass is 272 g/mol. The van der Waals surface area contributed by atoms with Crippen molar-refractivity contribution < 1.29 is 5.11 Å². The van der Waals surface area contributed by atoms with Gasteiger partial charge in [-0.25, -0.2) is 0 Å². The molecule has 0 aliphatic heterocycles. The average Bonchev–Trinajstić information content (AvgIpc) is 2.88. The van der Waals surface area contributed by atoms with Gasteiger partial charge in [-0.2, -0.15) is 5.10 Å². The summed E-state index contributed by atoms with van der Waals surface area (Å²) in [5.41, 5.74) is 2.24. The van der Waals surface area contributed by atoms with Crippen LogP contribution in [0.5, 0.6) is 0 Å². The molecule has 2 atom stereocenters. The third kappa shape index (κ3) is 3.94. The molecule has 0 saturated heterocycles. The predicted octanol–water partition coefficient (Wildman–Crippen LogP) is 3.56. The first-order valence-corrected chi connectivity index (χ1v) is 7.33. The maximum Gasteiger partial charge on any atom is 0.0650 e. The van der Waals surface area contributed by atoms with Crippen molar-refractivity contribution >= 4 is 0 Å². The fourth-order valence-corrected chi connectivity index (χ4v) is 2.42. The van der Waals surface area contributed by atoms with Crippen molar-refractivity contribution in [2.24, 2.45) is 0 Å². The minimum atomic E-state index is -0.347. The van der Waals surface area contributed by atoms with Gasteiger partial charge < -0.3 is 5.11 Å². The van der Waals surface area contributed by atoms with Crippen molar-refractivity contribution in [2.75, 3.05) is 0 Å². The van der Waals surface area contributed by atoms with E-state index in [0.29, 0.717) is 18.4 Å². The Morgan fingerprint density at radius 3 is 2.40 bits per heavy atom. The van der Waals surface area contributed by atoms with Gasteiger partial charge >= 0.3 is 0 Å². The van der Waals surface area contributed by atoms with Gasteiger partial charge in [-0.05, 0) is 37.8 Å². The molecule has 20 heavy (non-hydrogen) atoms. The molecular formula is C17H24N2O. The number of hydrogen-bond donors (Lipinski definition) is 1. The molecule has 0 bridgehead atoms. The summed E-state index contributed by atoms with van der Waals surface area (Å²) in [7, 11) is 0. The Labute approximate surface area is 121 Å². The van der Waals surface area contributed by atoms with E-state index in [0.717, 1.165) is 12.1 Å². The first-order chi connectivity index (χ1) is 9.56. The Balaban J connectivity index is 1.90. The molecule has 2 unspecified atom stereocenters. The van der Waals surface area contributed by atoms with Crippen LogP contribution in [0.4, 0.5) is 0 Å². The molecule has 1 aromatic carbocycles. The van der Waals surface area contributed by atoms with Gasteiger partial charge in [0.2, 0.25) is 0 Å². The van der Waals surface area contributed by atoms with E-state index in [2.05, 4.69) is 38.0 Å². The fraction of sp³-hybridized carbons (Fsp3) is 0.471. The molecule has 2 rings (SSSR count). The lowest BCUT2D eigenvalue weighted by atomic mass is 9.93. The summed E-state index contributed by atoms with van der Waals surface area (Å²) >= 11 is 0. The first-order valence-electron chi connectivity index (χ1n) is 7.33. The fourth-order valence-electron chi connectivity index (χ4n) is 2.42. The molecule has 3 heteroatoms. The molecule has 108 valence electrons. The van der Waals surface area contributed by atoms with Crippen molar-refractivity contribution in [3.8, 4) is 0 Å². The van der Waals surface area contributed by atoms with Crippen LogP contribution in [0, 0.1) is 0 Å². The molecule has 3 nitrogen and oxygen atoms in total. The molecule has 0 aliphatic carbocycles. The van der Waals surface area contributed by atoms with Gasteiger partial charge in [0.1, 0.15) is 0 Å². The smallest absolute Gasteiger partial charge is 0.0650 e. The molecular weight excluding hydrogens is 248 g/mol. The average molecular weight is 272 g/mol. The highest BCUT2D eigenvalue weighted by atomic mass is 16.3. The lowest BCUT2D eigenvalue weighted by molar-refractivity contribution is 0.156. The van der Waals surface area contributed by atoms with Crippen LogP contribution < -0.4 is 0 Å². The third-order valence-corrected chi connectivity index (χ3v) is 3.63. The summed E-state index contributed by atoms with van der Waals surface area (Å²) in [6.45, 7) is 6.36. The van der Waals surface area contributed by atoms with E-state index in [4.69, 9.17) is 0 Å². The van der Waals surface area contributed by atoms with Crippen LogP contribution in [-0.2, 0) is 6.42 Å². The SMILES string of the molecule is CC(CC(O)Cc1ccn(C(C)C)n1)c1ccccc1. The maximum absolute atomic E-state index is 10.2. The highest BCUT2D eigenvalue weighted by Gasteiger charge is 2.14. The van der Waals surface area contributed by atoms with Gasteiger partial charge in [0.05, 0.1) is 11.8 Å². The van der Waals surface area contributed by atoms with Gasteiger partial charge in [-0.1, -0.05) is 37.3 Å². The zero-order valence-electron chi connectivity index (χ0n) is 12.5. The topological polar surface area (TPSA) is 38.0 Å². The molecule has 0 aliphatic rings. The van der Waals surface area contributed by atoms with Crippen molar-refractivity contribution in [2.45, 2.75) is 51.7 Å². The van der Waals surface area contributed by atoms with Crippen molar-refractivity contribution in [3.05, 3.63) is 53.9 Å². The van der Waals surface area contributed by atoms with Gasteiger partial charge in [0.25, 0.3) is 0 Å². The number of aromatic nitrogens is 2. The van der Waals surface area contributed by atoms with Crippen LogP contribution in [0.3, 0.4) is 0 Å². The lowest BCUT2D eigenvalue weighted by Crippen LogP contribution is -2.14. The second-order valence-electron chi connectivity index (χ2n) is 5.79. The predicted molar refractivity (Wildman–Crippen MR) is 81.8 cm³/mol. The summed E-state index contributed by atoms with van der Waals surface area (Å²) in [6.07, 6.45) is 3.02. The Bertz CT molecular complexity index is 519. The quantitative estimate of drug-likeness (QED) is 0.873. The lowest BCUT2D eigenvalue weighted by Gasteiger charge is -2.16. The summed E-state index contributed by atoms with van der Waals surface area (Å²) in [6, 6.07) is 12.7. The molecule has 0 spiro atoms. The summed E-state index contributed by atoms with van der Waals surface area (Å²) in [5, 5.41) is 14.7. The normalized spacial score (nSPS) is 14.4. The largest absolute Gasteiger partial charge is 0.393 e. The molecule has 1 aromatic heterocycles. The van der Waals surface area contributed by atoms with Crippen molar-refractivity contribution in [3.63, 3.8) is 0 Å². The second-order valence-corrected chi connectivity index (χ2v) is 5.79. The number of aliphatic hydroxyl groups is 1. The van der Waals surface area contributed by atoms with Crippen LogP contribution in [0.2, 0.25) is 0 Å². The van der Waals surface area contributed by atoms with Crippen LogP contribution in [-0.4, -0.2) is 21.0 Å². The molecule has 1 N–H and O–H groups in total. The van der Waals surface area contributed by atoms with E-state index < -0.39 is 0 Å². The molecule has 0 radical (unpaired) electrons. The van der Waals surface area contributed by atoms with E-state index in [1.807, 2.05) is 35.1 Å². The number of nitrogens with zero attached hydrogens (tertiary/aromatic N) is 2. The molecule has 0 saturated carbocycles. The van der Waals surface area contributed by atoms with Crippen molar-refractivity contribution in [1.82, 2.24) is 9.78 Å². The van der Waals surface area contributed by atoms with E-state index in [9.17, 15) is 5.11 Å². The molecule has 2 aromatic rings. The summed E-state index contributed by atoms with van der Waals surface area (Å²) in [4.78, 5) is 0. The maximum atomic E-state index is 10.2. The summed E-state index contributed by atoms with van der Waals surface area (Å²) < 4.78 is 1.93. The number of rotatable bonds is 6. The second kappa shape index (κ2) is 6.71. The van der Waals surface area contributed by atoms with Gasteiger partial charge in [-0.15, -0.1) is 0 Å². The highest BCUT2D eigenvalue weighted by Crippen LogP contribution is 2.21. The zero-order valence-corrected chi connectivity index (χ0v) is 12.5. The molecule has 1 heterocycles. The Morgan fingerprint density at radius 1 is 1.10 bits per heavy atom. The number of benzene rings is 1.